The van der Waals surface area contributed by atoms with Crippen LogP contribution in [0.2, 0.25) is 0 Å². The van der Waals surface area contributed by atoms with Gasteiger partial charge in [0.1, 0.15) is 0 Å². The molecule has 0 saturated carbocycles. The second kappa shape index (κ2) is 13.4. The summed E-state index contributed by atoms with van der Waals surface area (Å²) in [5.74, 6) is 0.0537. The first kappa shape index (κ1) is 16.4. The van der Waals surface area contributed by atoms with Gasteiger partial charge < -0.3 is 20.1 Å². The van der Waals surface area contributed by atoms with E-state index in [0.29, 0.717) is 19.7 Å². The summed E-state index contributed by atoms with van der Waals surface area (Å²) in [7, 11) is 3.37. The summed E-state index contributed by atoms with van der Waals surface area (Å²) < 4.78 is 9.85. The number of hydrogen-bond acceptors (Lipinski definition) is 4. The van der Waals surface area contributed by atoms with E-state index in [-0.39, 0.29) is 5.91 Å². The van der Waals surface area contributed by atoms with Gasteiger partial charge in [-0.25, -0.2) is 0 Å². The molecule has 102 valence electrons. The van der Waals surface area contributed by atoms with Crippen LogP contribution in [0.4, 0.5) is 0 Å². The van der Waals surface area contributed by atoms with Gasteiger partial charge in [0.25, 0.3) is 0 Å². The number of unbranched alkanes of at least 4 members (excludes halogenated alkanes) is 2. The standard InChI is InChI=1S/C12H26N2O3/c1-16-9-5-3-4-7-13-11-12(15)14-8-6-10-17-2/h13H,3-11H2,1-2H3,(H,14,15). The molecular formula is C12H26N2O3. The lowest BCUT2D eigenvalue weighted by atomic mass is 10.2. The van der Waals surface area contributed by atoms with Crippen LogP contribution in [-0.4, -0.2) is 53.0 Å². The van der Waals surface area contributed by atoms with E-state index in [1.165, 1.54) is 0 Å². The molecule has 0 radical (unpaired) electrons. The summed E-state index contributed by atoms with van der Waals surface area (Å²) in [4.78, 5) is 11.3. The Balaban J connectivity index is 3.11. The van der Waals surface area contributed by atoms with Crippen LogP contribution < -0.4 is 10.6 Å². The van der Waals surface area contributed by atoms with Gasteiger partial charge in [0.05, 0.1) is 6.54 Å². The van der Waals surface area contributed by atoms with E-state index in [9.17, 15) is 4.79 Å². The Morgan fingerprint density at radius 1 is 0.941 bits per heavy atom. The molecule has 1 amide bonds. The van der Waals surface area contributed by atoms with Crippen molar-refractivity contribution in [3.8, 4) is 0 Å². The molecule has 0 bridgehead atoms. The second-order valence-corrected chi connectivity index (χ2v) is 3.93. The summed E-state index contributed by atoms with van der Waals surface area (Å²) in [6.45, 7) is 3.47. The zero-order chi connectivity index (χ0) is 12.8. The van der Waals surface area contributed by atoms with Gasteiger partial charge in [-0.2, -0.15) is 0 Å². The molecule has 17 heavy (non-hydrogen) atoms. The van der Waals surface area contributed by atoms with Crippen molar-refractivity contribution in [2.75, 3.05) is 47.1 Å². The van der Waals surface area contributed by atoms with Gasteiger partial charge in [-0.3, -0.25) is 4.79 Å². The first-order chi connectivity index (χ1) is 8.31. The number of nitrogens with one attached hydrogen (secondary N) is 2. The number of amides is 1. The normalized spacial score (nSPS) is 10.5. The lowest BCUT2D eigenvalue weighted by molar-refractivity contribution is -0.120. The lowest BCUT2D eigenvalue weighted by Gasteiger charge is -2.06. The van der Waals surface area contributed by atoms with Crippen molar-refractivity contribution >= 4 is 5.91 Å². The van der Waals surface area contributed by atoms with Crippen molar-refractivity contribution < 1.29 is 14.3 Å². The molecule has 0 fully saturated rings. The molecule has 0 aromatic rings. The number of carbonyl (C=O) groups is 1. The molecule has 0 aromatic heterocycles. The zero-order valence-corrected chi connectivity index (χ0v) is 11.1. The predicted octanol–water partition coefficient (Wildman–Crippen LogP) is 0.545. The third-order valence-electron chi connectivity index (χ3n) is 2.33. The number of rotatable bonds is 12. The number of methoxy groups -OCH3 is 2. The second-order valence-electron chi connectivity index (χ2n) is 3.93. The summed E-state index contributed by atoms with van der Waals surface area (Å²) >= 11 is 0. The summed E-state index contributed by atoms with van der Waals surface area (Å²) in [6, 6.07) is 0. The first-order valence-corrected chi connectivity index (χ1v) is 6.26. The van der Waals surface area contributed by atoms with Crippen LogP contribution in [0, 0.1) is 0 Å². The van der Waals surface area contributed by atoms with E-state index >= 15 is 0 Å². The van der Waals surface area contributed by atoms with Gasteiger partial charge in [-0.1, -0.05) is 0 Å². The van der Waals surface area contributed by atoms with Gasteiger partial charge in [0.15, 0.2) is 0 Å². The largest absolute Gasteiger partial charge is 0.385 e. The molecule has 0 saturated heterocycles. The van der Waals surface area contributed by atoms with Crippen molar-refractivity contribution in [1.82, 2.24) is 10.6 Å². The Kier molecular flexibility index (Phi) is 12.9. The topological polar surface area (TPSA) is 59.6 Å². The maximum Gasteiger partial charge on any atom is 0.233 e. The molecule has 0 rings (SSSR count). The quantitative estimate of drug-likeness (QED) is 0.494. The highest BCUT2D eigenvalue weighted by molar-refractivity contribution is 5.77. The smallest absolute Gasteiger partial charge is 0.233 e. The number of ether oxygens (including phenoxy) is 2. The van der Waals surface area contributed by atoms with Crippen LogP contribution in [0.25, 0.3) is 0 Å². The van der Waals surface area contributed by atoms with E-state index in [2.05, 4.69) is 10.6 Å². The maximum absolute atomic E-state index is 11.3. The molecule has 0 heterocycles. The molecule has 0 aliphatic carbocycles. The van der Waals surface area contributed by atoms with E-state index in [0.717, 1.165) is 38.8 Å². The van der Waals surface area contributed by atoms with Crippen molar-refractivity contribution in [2.24, 2.45) is 0 Å². The molecular weight excluding hydrogens is 220 g/mol. The molecule has 0 atom stereocenters. The fraction of sp³-hybridized carbons (Fsp3) is 0.917. The van der Waals surface area contributed by atoms with Crippen LogP contribution in [0.1, 0.15) is 25.7 Å². The van der Waals surface area contributed by atoms with E-state index in [4.69, 9.17) is 9.47 Å². The minimum absolute atomic E-state index is 0.0537. The summed E-state index contributed by atoms with van der Waals surface area (Å²) in [5, 5.41) is 5.95. The average Bonchev–Trinajstić information content (AvgIpc) is 2.33. The van der Waals surface area contributed by atoms with E-state index < -0.39 is 0 Å². The van der Waals surface area contributed by atoms with E-state index in [1.807, 2.05) is 0 Å². The maximum atomic E-state index is 11.3. The molecule has 0 unspecified atom stereocenters. The molecule has 5 nitrogen and oxygen atoms in total. The van der Waals surface area contributed by atoms with Gasteiger partial charge in [0.2, 0.25) is 5.91 Å². The highest BCUT2D eigenvalue weighted by Gasteiger charge is 1.98. The summed E-state index contributed by atoms with van der Waals surface area (Å²) in [5.41, 5.74) is 0. The van der Waals surface area contributed by atoms with E-state index in [1.54, 1.807) is 14.2 Å². The zero-order valence-electron chi connectivity index (χ0n) is 11.1. The fourth-order valence-electron chi connectivity index (χ4n) is 1.38. The van der Waals surface area contributed by atoms with Crippen LogP contribution >= 0.6 is 0 Å². The lowest BCUT2D eigenvalue weighted by Crippen LogP contribution is -2.35. The van der Waals surface area contributed by atoms with Crippen LogP contribution in [0.15, 0.2) is 0 Å². The van der Waals surface area contributed by atoms with Crippen LogP contribution in [0.3, 0.4) is 0 Å². The van der Waals surface area contributed by atoms with Crippen molar-refractivity contribution in [1.29, 1.82) is 0 Å². The summed E-state index contributed by atoms with van der Waals surface area (Å²) in [6.07, 6.45) is 4.16. The molecule has 5 heteroatoms. The molecule has 0 spiro atoms. The third kappa shape index (κ3) is 13.3. The van der Waals surface area contributed by atoms with Gasteiger partial charge in [-0.05, 0) is 32.2 Å². The average molecular weight is 246 g/mol. The number of carbonyl (C=O) groups excluding carboxylic acids is 1. The fourth-order valence-corrected chi connectivity index (χ4v) is 1.38. The third-order valence-corrected chi connectivity index (χ3v) is 2.33. The minimum Gasteiger partial charge on any atom is -0.385 e. The van der Waals surface area contributed by atoms with Crippen molar-refractivity contribution in [3.05, 3.63) is 0 Å². The van der Waals surface area contributed by atoms with Gasteiger partial charge in [-0.15, -0.1) is 0 Å². The SMILES string of the molecule is COCCCCCNCC(=O)NCCCOC. The highest BCUT2D eigenvalue weighted by atomic mass is 16.5. The van der Waals surface area contributed by atoms with Gasteiger partial charge >= 0.3 is 0 Å². The minimum atomic E-state index is 0.0537. The highest BCUT2D eigenvalue weighted by Crippen LogP contribution is 1.93. The monoisotopic (exact) mass is 246 g/mol. The molecule has 0 aliphatic heterocycles. The van der Waals surface area contributed by atoms with Crippen LogP contribution in [-0.2, 0) is 14.3 Å². The van der Waals surface area contributed by atoms with Crippen molar-refractivity contribution in [3.63, 3.8) is 0 Å². The Morgan fingerprint density at radius 3 is 2.35 bits per heavy atom. The first-order valence-electron chi connectivity index (χ1n) is 6.26. The van der Waals surface area contributed by atoms with Crippen LogP contribution in [0.5, 0.6) is 0 Å². The molecule has 0 aliphatic rings. The van der Waals surface area contributed by atoms with Crippen molar-refractivity contribution in [2.45, 2.75) is 25.7 Å². The Hall–Kier alpha value is -0.650. The Morgan fingerprint density at radius 2 is 1.65 bits per heavy atom. The molecule has 0 aromatic carbocycles. The Labute approximate surface area is 104 Å². The molecule has 2 N–H and O–H groups in total. The van der Waals surface area contributed by atoms with Gasteiger partial charge in [0, 0.05) is 34.0 Å². The number of hydrogen-bond donors (Lipinski definition) is 2. The Bertz CT molecular complexity index is 177. The predicted molar refractivity (Wildman–Crippen MR) is 68.1 cm³/mol.